The summed E-state index contributed by atoms with van der Waals surface area (Å²) < 4.78 is 1.11. The largest absolute Gasteiger partial charge is 0.0918 e. The van der Waals surface area contributed by atoms with Gasteiger partial charge < -0.3 is 0 Å². The third-order valence-corrected chi connectivity index (χ3v) is 6.26. The molecule has 0 radical (unpaired) electrons. The van der Waals surface area contributed by atoms with Crippen molar-refractivity contribution in [1.82, 2.24) is 0 Å². The van der Waals surface area contributed by atoms with Crippen molar-refractivity contribution in [1.29, 1.82) is 0 Å². The van der Waals surface area contributed by atoms with Crippen LogP contribution in [0.15, 0.2) is 53.0 Å². The highest BCUT2D eigenvalue weighted by Gasteiger charge is 2.30. The van der Waals surface area contributed by atoms with Gasteiger partial charge in [-0.25, -0.2) is 0 Å². The van der Waals surface area contributed by atoms with Crippen LogP contribution in [0, 0.1) is 0 Å². The number of hydrogen-bond acceptors (Lipinski definition) is 0. The van der Waals surface area contributed by atoms with Gasteiger partial charge in [0.1, 0.15) is 0 Å². The second kappa shape index (κ2) is 7.44. The molecule has 0 heterocycles. The van der Waals surface area contributed by atoms with E-state index in [1.165, 1.54) is 11.1 Å². The summed E-state index contributed by atoms with van der Waals surface area (Å²) in [7, 11) is 0. The SMILES string of the molecule is Clc1cccc(C(CBr)(CBr)Cc2cccc(Br)c2)c1. The van der Waals surface area contributed by atoms with Crippen LogP contribution in [0.3, 0.4) is 0 Å². The molecule has 0 amide bonds. The second-order valence-electron chi connectivity index (χ2n) is 4.86. The lowest BCUT2D eigenvalue weighted by atomic mass is 9.79. The Balaban J connectivity index is 2.39. The molecule has 0 aliphatic heterocycles. The average molecular weight is 481 g/mol. The molecule has 4 heteroatoms. The molecule has 106 valence electrons. The standard InChI is InChI=1S/C16H14Br3Cl/c17-10-16(11-18,13-4-2-6-15(20)8-13)9-12-3-1-5-14(19)7-12/h1-8H,9-11H2. The molecule has 0 N–H and O–H groups in total. The van der Waals surface area contributed by atoms with Crippen molar-refractivity contribution in [2.75, 3.05) is 10.7 Å². The van der Waals surface area contributed by atoms with E-state index in [0.29, 0.717) is 0 Å². The number of hydrogen-bond donors (Lipinski definition) is 0. The highest BCUT2D eigenvalue weighted by atomic mass is 79.9. The minimum Gasteiger partial charge on any atom is -0.0918 e. The van der Waals surface area contributed by atoms with E-state index in [4.69, 9.17) is 11.6 Å². The van der Waals surface area contributed by atoms with E-state index in [9.17, 15) is 0 Å². The molecule has 0 atom stereocenters. The number of alkyl halides is 2. The van der Waals surface area contributed by atoms with E-state index < -0.39 is 0 Å². The van der Waals surface area contributed by atoms with Crippen LogP contribution >= 0.6 is 59.4 Å². The van der Waals surface area contributed by atoms with Crippen LogP contribution < -0.4 is 0 Å². The molecule has 0 unspecified atom stereocenters. The molecule has 2 aromatic carbocycles. The van der Waals surface area contributed by atoms with Gasteiger partial charge in [0.15, 0.2) is 0 Å². The third kappa shape index (κ3) is 3.88. The number of halogens is 4. The van der Waals surface area contributed by atoms with Crippen LogP contribution in [-0.2, 0) is 11.8 Å². The maximum atomic E-state index is 6.15. The van der Waals surface area contributed by atoms with Crippen molar-refractivity contribution < 1.29 is 0 Å². The van der Waals surface area contributed by atoms with Gasteiger partial charge in [0.2, 0.25) is 0 Å². The van der Waals surface area contributed by atoms with Crippen LogP contribution in [0.5, 0.6) is 0 Å². The van der Waals surface area contributed by atoms with Crippen molar-refractivity contribution in [3.8, 4) is 0 Å². The quantitative estimate of drug-likeness (QED) is 0.435. The molecule has 0 spiro atoms. The van der Waals surface area contributed by atoms with Crippen molar-refractivity contribution in [2.24, 2.45) is 0 Å². The first kappa shape index (κ1) is 16.5. The summed E-state index contributed by atoms with van der Waals surface area (Å²) >= 11 is 17.1. The first-order valence-electron chi connectivity index (χ1n) is 6.22. The van der Waals surface area contributed by atoms with E-state index in [1.807, 2.05) is 18.2 Å². The topological polar surface area (TPSA) is 0 Å². The van der Waals surface area contributed by atoms with Gasteiger partial charge in [-0.1, -0.05) is 83.7 Å². The fourth-order valence-corrected chi connectivity index (χ4v) is 4.85. The van der Waals surface area contributed by atoms with Crippen molar-refractivity contribution >= 4 is 59.4 Å². The molecule has 0 aliphatic rings. The van der Waals surface area contributed by atoms with Gasteiger partial charge in [-0.15, -0.1) is 0 Å². The molecule has 0 aliphatic carbocycles. The van der Waals surface area contributed by atoms with E-state index in [2.05, 4.69) is 78.1 Å². The van der Waals surface area contributed by atoms with Crippen LogP contribution in [0.2, 0.25) is 5.02 Å². The zero-order chi connectivity index (χ0) is 14.6. The van der Waals surface area contributed by atoms with Gasteiger partial charge in [-0.3, -0.25) is 0 Å². The summed E-state index contributed by atoms with van der Waals surface area (Å²) in [5.74, 6) is 0. The van der Waals surface area contributed by atoms with Gasteiger partial charge >= 0.3 is 0 Å². The monoisotopic (exact) mass is 478 g/mol. The zero-order valence-corrected chi connectivity index (χ0v) is 16.3. The van der Waals surface area contributed by atoms with Crippen LogP contribution in [0.4, 0.5) is 0 Å². The Hall–Kier alpha value is 0.170. The van der Waals surface area contributed by atoms with Crippen molar-refractivity contribution in [2.45, 2.75) is 11.8 Å². The lowest BCUT2D eigenvalue weighted by Gasteiger charge is -2.31. The third-order valence-electron chi connectivity index (χ3n) is 3.38. The molecule has 20 heavy (non-hydrogen) atoms. The summed E-state index contributed by atoms with van der Waals surface area (Å²) in [4.78, 5) is 0. The predicted molar refractivity (Wildman–Crippen MR) is 98.6 cm³/mol. The lowest BCUT2D eigenvalue weighted by Crippen LogP contribution is -2.33. The molecule has 0 saturated heterocycles. The van der Waals surface area contributed by atoms with Gasteiger partial charge in [-0.05, 0) is 41.8 Å². The maximum absolute atomic E-state index is 6.15. The number of benzene rings is 2. The summed E-state index contributed by atoms with van der Waals surface area (Å²) in [6.45, 7) is 0. The Kier molecular flexibility index (Phi) is 6.15. The summed E-state index contributed by atoms with van der Waals surface area (Å²) in [6.07, 6.45) is 0.948. The van der Waals surface area contributed by atoms with Crippen LogP contribution in [0.25, 0.3) is 0 Å². The van der Waals surface area contributed by atoms with Crippen molar-refractivity contribution in [3.05, 3.63) is 69.2 Å². The first-order chi connectivity index (χ1) is 9.59. The van der Waals surface area contributed by atoms with E-state index in [0.717, 1.165) is 26.6 Å². The second-order valence-corrected chi connectivity index (χ2v) is 7.34. The normalized spacial score (nSPS) is 11.6. The first-order valence-corrected chi connectivity index (χ1v) is 9.63. The summed E-state index contributed by atoms with van der Waals surface area (Å²) in [5.41, 5.74) is 2.54. The minimum atomic E-state index is -0.00824. The predicted octanol–water partition coefficient (Wildman–Crippen LogP) is 6.37. The Labute approximate surface area is 150 Å². The Morgan fingerprint density at radius 2 is 1.65 bits per heavy atom. The molecule has 0 aromatic heterocycles. The molecule has 0 fully saturated rings. The zero-order valence-electron chi connectivity index (χ0n) is 10.8. The van der Waals surface area contributed by atoms with Gasteiger partial charge in [0.25, 0.3) is 0 Å². The van der Waals surface area contributed by atoms with Gasteiger partial charge in [-0.2, -0.15) is 0 Å². The smallest absolute Gasteiger partial charge is 0.0408 e. The lowest BCUT2D eigenvalue weighted by molar-refractivity contribution is 0.551. The molecule has 2 rings (SSSR count). The molecular formula is C16H14Br3Cl. The minimum absolute atomic E-state index is 0.00824. The maximum Gasteiger partial charge on any atom is 0.0408 e. The Bertz CT molecular complexity index is 579. The summed E-state index contributed by atoms with van der Waals surface area (Å²) in [6, 6.07) is 16.6. The fourth-order valence-electron chi connectivity index (χ4n) is 2.24. The molecule has 0 bridgehead atoms. The molecule has 0 nitrogen and oxygen atoms in total. The molecular weight excluding hydrogens is 467 g/mol. The Morgan fingerprint density at radius 1 is 0.950 bits per heavy atom. The molecule has 2 aromatic rings. The highest BCUT2D eigenvalue weighted by Crippen LogP contribution is 2.34. The number of rotatable bonds is 5. The average Bonchev–Trinajstić information content (AvgIpc) is 2.45. The van der Waals surface area contributed by atoms with Crippen molar-refractivity contribution in [3.63, 3.8) is 0 Å². The van der Waals surface area contributed by atoms with E-state index in [-0.39, 0.29) is 5.41 Å². The van der Waals surface area contributed by atoms with Gasteiger partial charge in [0.05, 0.1) is 0 Å². The van der Waals surface area contributed by atoms with E-state index >= 15 is 0 Å². The van der Waals surface area contributed by atoms with Gasteiger partial charge in [0, 0.05) is 25.6 Å². The summed E-state index contributed by atoms with van der Waals surface area (Å²) in [5, 5.41) is 2.53. The van der Waals surface area contributed by atoms with Crippen LogP contribution in [0.1, 0.15) is 11.1 Å². The fraction of sp³-hybridized carbons (Fsp3) is 0.250. The van der Waals surface area contributed by atoms with Crippen LogP contribution in [-0.4, -0.2) is 10.7 Å². The highest BCUT2D eigenvalue weighted by molar-refractivity contribution is 9.10. The van der Waals surface area contributed by atoms with E-state index in [1.54, 1.807) is 0 Å². The molecule has 0 saturated carbocycles. The Morgan fingerprint density at radius 3 is 2.25 bits per heavy atom.